The van der Waals surface area contributed by atoms with Crippen molar-refractivity contribution in [3.8, 4) is 11.4 Å². The van der Waals surface area contributed by atoms with E-state index in [4.69, 9.17) is 16.1 Å². The number of aromatic nitrogens is 2. The van der Waals surface area contributed by atoms with Gasteiger partial charge in [-0.3, -0.25) is 9.79 Å². The van der Waals surface area contributed by atoms with Crippen LogP contribution in [0.5, 0.6) is 0 Å². The number of nitrogens with one attached hydrogen (secondary N) is 2. The molecule has 1 amide bonds. The molecule has 0 radical (unpaired) electrons. The Bertz CT molecular complexity index is 842. The van der Waals surface area contributed by atoms with E-state index in [1.807, 2.05) is 30.9 Å². The normalized spacial score (nSPS) is 16.3. The van der Waals surface area contributed by atoms with Gasteiger partial charge in [-0.05, 0) is 37.6 Å². The molecule has 1 aromatic heterocycles. The predicted molar refractivity (Wildman–Crippen MR) is 128 cm³/mol. The van der Waals surface area contributed by atoms with Gasteiger partial charge >= 0.3 is 0 Å². The van der Waals surface area contributed by atoms with E-state index in [1.54, 1.807) is 12.1 Å². The topological polar surface area (TPSA) is 95.7 Å². The first-order chi connectivity index (χ1) is 14.1. The molecule has 0 bridgehead atoms. The zero-order valence-corrected chi connectivity index (χ0v) is 20.3. The molecular formula is C20H28ClIN6O2. The smallest absolute Gasteiger partial charge is 0.228 e. The summed E-state index contributed by atoms with van der Waals surface area (Å²) in [7, 11) is 0. The Morgan fingerprint density at radius 1 is 1.33 bits per heavy atom. The maximum Gasteiger partial charge on any atom is 0.228 e. The number of carbonyl (C=O) groups excluding carboxylic acids is 1. The molecule has 0 saturated carbocycles. The monoisotopic (exact) mass is 546 g/mol. The minimum Gasteiger partial charge on any atom is -0.357 e. The maximum absolute atomic E-state index is 11.8. The first-order valence-corrected chi connectivity index (χ1v) is 10.4. The number of hydrogen-bond acceptors (Lipinski definition) is 5. The van der Waals surface area contributed by atoms with Gasteiger partial charge < -0.3 is 20.1 Å². The summed E-state index contributed by atoms with van der Waals surface area (Å²) in [6.45, 7) is 6.70. The molecule has 0 aliphatic carbocycles. The number of guanidine groups is 1. The number of halogens is 2. The summed E-state index contributed by atoms with van der Waals surface area (Å²) in [4.78, 5) is 22.8. The van der Waals surface area contributed by atoms with Crippen molar-refractivity contribution in [1.29, 1.82) is 0 Å². The van der Waals surface area contributed by atoms with E-state index in [9.17, 15) is 4.79 Å². The number of hydrogen-bond donors (Lipinski definition) is 2. The quantitative estimate of drug-likeness (QED) is 0.315. The summed E-state index contributed by atoms with van der Waals surface area (Å²) in [5.74, 6) is 2.01. The van der Waals surface area contributed by atoms with Crippen molar-refractivity contribution < 1.29 is 9.32 Å². The van der Waals surface area contributed by atoms with Gasteiger partial charge in [0.1, 0.15) is 0 Å². The van der Waals surface area contributed by atoms with E-state index in [-0.39, 0.29) is 35.9 Å². The molecule has 1 saturated heterocycles. The second-order valence-electron chi connectivity index (χ2n) is 6.85. The second-order valence-corrected chi connectivity index (χ2v) is 7.29. The fourth-order valence-electron chi connectivity index (χ4n) is 3.18. The molecule has 1 fully saturated rings. The fraction of sp³-hybridized carbons (Fsp3) is 0.500. The molecule has 1 unspecified atom stereocenters. The predicted octanol–water partition coefficient (Wildman–Crippen LogP) is 3.12. The van der Waals surface area contributed by atoms with Crippen molar-refractivity contribution in [3.05, 3.63) is 35.2 Å². The lowest BCUT2D eigenvalue weighted by atomic mass is 10.2. The number of rotatable bonds is 7. The first-order valence-electron chi connectivity index (χ1n) is 10.00. The lowest BCUT2D eigenvalue weighted by Crippen LogP contribution is -2.45. The van der Waals surface area contributed by atoms with E-state index in [1.165, 1.54) is 0 Å². The van der Waals surface area contributed by atoms with Crippen LogP contribution in [0.15, 0.2) is 33.8 Å². The molecule has 2 heterocycles. The van der Waals surface area contributed by atoms with E-state index in [0.717, 1.165) is 31.0 Å². The molecule has 1 aromatic carbocycles. The second kappa shape index (κ2) is 12.1. The summed E-state index contributed by atoms with van der Waals surface area (Å²) in [5, 5.41) is 11.3. The minimum atomic E-state index is 0. The minimum absolute atomic E-state index is 0. The highest BCUT2D eigenvalue weighted by Crippen LogP contribution is 2.18. The lowest BCUT2D eigenvalue weighted by Gasteiger charge is -2.18. The van der Waals surface area contributed by atoms with Crippen LogP contribution in [-0.4, -0.2) is 59.1 Å². The molecule has 8 nitrogen and oxygen atoms in total. The average molecular weight is 547 g/mol. The molecular weight excluding hydrogens is 519 g/mol. The van der Waals surface area contributed by atoms with Crippen molar-refractivity contribution in [2.45, 2.75) is 39.2 Å². The van der Waals surface area contributed by atoms with Gasteiger partial charge in [-0.1, -0.05) is 23.7 Å². The number of nitrogens with zero attached hydrogens (tertiary/aromatic N) is 4. The van der Waals surface area contributed by atoms with Crippen LogP contribution in [0.2, 0.25) is 5.02 Å². The van der Waals surface area contributed by atoms with Gasteiger partial charge in [-0.2, -0.15) is 4.98 Å². The van der Waals surface area contributed by atoms with Gasteiger partial charge in [-0.25, -0.2) is 0 Å². The SMILES string of the molecule is CCNC(=NCCc1nc(-c2ccc(Cl)cc2)no1)NC1CCN(C(=O)CC)C1.I. The van der Waals surface area contributed by atoms with Crippen LogP contribution < -0.4 is 10.6 Å². The molecule has 10 heteroatoms. The Hall–Kier alpha value is -1.88. The highest BCUT2D eigenvalue weighted by Gasteiger charge is 2.25. The summed E-state index contributed by atoms with van der Waals surface area (Å²) in [6, 6.07) is 7.52. The Kier molecular flexibility index (Phi) is 9.83. The molecule has 1 atom stereocenters. The molecule has 0 spiro atoms. The number of likely N-dealkylation sites (tertiary alicyclic amines) is 1. The highest BCUT2D eigenvalue weighted by molar-refractivity contribution is 14.0. The van der Waals surface area contributed by atoms with Crippen molar-refractivity contribution in [1.82, 2.24) is 25.7 Å². The van der Waals surface area contributed by atoms with E-state index < -0.39 is 0 Å². The van der Waals surface area contributed by atoms with Gasteiger partial charge in [0, 0.05) is 49.1 Å². The Balaban J connectivity index is 0.00000320. The molecule has 1 aliphatic rings. The van der Waals surface area contributed by atoms with Crippen molar-refractivity contribution in [2.75, 3.05) is 26.2 Å². The van der Waals surface area contributed by atoms with Gasteiger partial charge in [-0.15, -0.1) is 24.0 Å². The molecule has 2 aromatic rings. The third kappa shape index (κ3) is 6.83. The molecule has 2 N–H and O–H groups in total. The van der Waals surface area contributed by atoms with Crippen LogP contribution in [0, 0.1) is 0 Å². The van der Waals surface area contributed by atoms with Gasteiger partial charge in [0.05, 0.1) is 6.54 Å². The first kappa shape index (κ1) is 24.4. The van der Waals surface area contributed by atoms with Gasteiger partial charge in [0.2, 0.25) is 17.6 Å². The Morgan fingerprint density at radius 2 is 2.10 bits per heavy atom. The Morgan fingerprint density at radius 3 is 2.80 bits per heavy atom. The zero-order valence-electron chi connectivity index (χ0n) is 17.2. The van der Waals surface area contributed by atoms with E-state index in [2.05, 4.69) is 25.8 Å². The lowest BCUT2D eigenvalue weighted by molar-refractivity contribution is -0.129. The van der Waals surface area contributed by atoms with Gasteiger partial charge in [0.25, 0.3) is 0 Å². The third-order valence-electron chi connectivity index (χ3n) is 4.69. The Labute approximate surface area is 198 Å². The van der Waals surface area contributed by atoms with Crippen LogP contribution in [0.1, 0.15) is 32.6 Å². The molecule has 3 rings (SSSR count). The number of carbonyl (C=O) groups is 1. The standard InChI is InChI=1S/C20H27ClN6O2.HI/c1-3-18(28)27-12-10-16(13-27)24-20(22-4-2)23-11-9-17-25-19(26-29-17)14-5-7-15(21)8-6-14;/h5-8,16H,3-4,9-13H2,1-2H3,(H2,22,23,24);1H. The van der Waals surface area contributed by atoms with Crippen molar-refractivity contribution >= 4 is 47.4 Å². The van der Waals surface area contributed by atoms with Crippen LogP contribution in [0.3, 0.4) is 0 Å². The van der Waals surface area contributed by atoms with E-state index >= 15 is 0 Å². The molecule has 1 aliphatic heterocycles. The van der Waals surface area contributed by atoms with Crippen LogP contribution >= 0.6 is 35.6 Å². The van der Waals surface area contributed by atoms with Crippen molar-refractivity contribution in [3.63, 3.8) is 0 Å². The van der Waals surface area contributed by atoms with E-state index in [0.29, 0.717) is 42.7 Å². The van der Waals surface area contributed by atoms with Gasteiger partial charge in [0.15, 0.2) is 5.96 Å². The summed E-state index contributed by atoms with van der Waals surface area (Å²) in [5.41, 5.74) is 0.857. The highest BCUT2D eigenvalue weighted by atomic mass is 127. The number of amides is 1. The molecule has 164 valence electrons. The van der Waals surface area contributed by atoms with Crippen LogP contribution in [0.4, 0.5) is 0 Å². The van der Waals surface area contributed by atoms with Crippen LogP contribution in [-0.2, 0) is 11.2 Å². The number of aliphatic imine (C=N–C) groups is 1. The summed E-state index contributed by atoms with van der Waals surface area (Å²) >= 11 is 5.91. The third-order valence-corrected chi connectivity index (χ3v) is 4.95. The largest absolute Gasteiger partial charge is 0.357 e. The van der Waals surface area contributed by atoms with Crippen molar-refractivity contribution in [2.24, 2.45) is 4.99 Å². The maximum atomic E-state index is 11.8. The van der Waals surface area contributed by atoms with Crippen LogP contribution in [0.25, 0.3) is 11.4 Å². The molecule has 30 heavy (non-hydrogen) atoms. The number of benzene rings is 1. The zero-order chi connectivity index (χ0) is 20.6. The average Bonchev–Trinajstić information content (AvgIpc) is 3.38. The summed E-state index contributed by atoms with van der Waals surface area (Å²) in [6.07, 6.45) is 2.01. The summed E-state index contributed by atoms with van der Waals surface area (Å²) < 4.78 is 5.33. The fourth-order valence-corrected chi connectivity index (χ4v) is 3.30.